The fourth-order valence-corrected chi connectivity index (χ4v) is 3.20. The molecular formula is C15H17NO2S. The predicted molar refractivity (Wildman–Crippen MR) is 77.7 cm³/mol. The van der Waals surface area contributed by atoms with Gasteiger partial charge in [-0.1, -0.05) is 24.0 Å². The number of aliphatic hydroxyl groups excluding tert-OH is 1. The van der Waals surface area contributed by atoms with Gasteiger partial charge in [-0.25, -0.2) is 0 Å². The summed E-state index contributed by atoms with van der Waals surface area (Å²) in [4.78, 5) is 11.9. The van der Waals surface area contributed by atoms with E-state index in [1.165, 1.54) is 0 Å². The fourth-order valence-electron chi connectivity index (χ4n) is 1.98. The van der Waals surface area contributed by atoms with Crippen LogP contribution in [-0.2, 0) is 11.3 Å². The summed E-state index contributed by atoms with van der Waals surface area (Å²) in [6.07, 6.45) is 0.985. The maximum absolute atomic E-state index is 11.9. The lowest BCUT2D eigenvalue weighted by molar-refractivity contribution is -0.124. The third kappa shape index (κ3) is 4.30. The van der Waals surface area contributed by atoms with Crippen molar-refractivity contribution in [1.29, 1.82) is 0 Å². The summed E-state index contributed by atoms with van der Waals surface area (Å²) in [5, 5.41) is 11.6. The van der Waals surface area contributed by atoms with E-state index in [4.69, 9.17) is 5.11 Å². The lowest BCUT2D eigenvalue weighted by atomic mass is 10.1. The van der Waals surface area contributed by atoms with Crippen molar-refractivity contribution in [2.75, 3.05) is 18.1 Å². The molecular weight excluding hydrogens is 258 g/mol. The molecule has 1 fully saturated rings. The van der Waals surface area contributed by atoms with E-state index in [0.29, 0.717) is 6.54 Å². The third-order valence-electron chi connectivity index (χ3n) is 3.01. The number of carbonyl (C=O) groups is 1. The Bertz CT molecular complexity index is 498. The molecule has 1 saturated heterocycles. The first-order chi connectivity index (χ1) is 9.29. The SMILES string of the molecule is O=C(NCc1cccc(C#CCO)c1)C1CCSC1. The lowest BCUT2D eigenvalue weighted by Crippen LogP contribution is -2.30. The summed E-state index contributed by atoms with van der Waals surface area (Å²) < 4.78 is 0. The van der Waals surface area contributed by atoms with E-state index < -0.39 is 0 Å². The first-order valence-electron chi connectivity index (χ1n) is 6.33. The van der Waals surface area contributed by atoms with Crippen LogP contribution >= 0.6 is 11.8 Å². The molecule has 1 aliphatic rings. The van der Waals surface area contributed by atoms with Gasteiger partial charge in [-0.2, -0.15) is 11.8 Å². The van der Waals surface area contributed by atoms with Gasteiger partial charge in [-0.15, -0.1) is 0 Å². The molecule has 0 aromatic heterocycles. The van der Waals surface area contributed by atoms with Gasteiger partial charge in [0.15, 0.2) is 0 Å². The molecule has 1 aromatic rings. The molecule has 19 heavy (non-hydrogen) atoms. The van der Waals surface area contributed by atoms with Crippen LogP contribution < -0.4 is 5.32 Å². The van der Waals surface area contributed by atoms with Gasteiger partial charge in [0, 0.05) is 23.8 Å². The van der Waals surface area contributed by atoms with E-state index >= 15 is 0 Å². The van der Waals surface area contributed by atoms with Crippen molar-refractivity contribution in [3.8, 4) is 11.8 Å². The van der Waals surface area contributed by atoms with E-state index in [2.05, 4.69) is 17.2 Å². The Morgan fingerprint density at radius 1 is 1.53 bits per heavy atom. The number of hydrogen-bond acceptors (Lipinski definition) is 3. The second-order valence-corrected chi connectivity index (χ2v) is 5.59. The summed E-state index contributed by atoms with van der Waals surface area (Å²) in [6.45, 7) is 0.398. The Hall–Kier alpha value is -1.44. The number of carbonyl (C=O) groups excluding carboxylic acids is 1. The molecule has 1 amide bonds. The Morgan fingerprint density at radius 3 is 3.16 bits per heavy atom. The monoisotopic (exact) mass is 275 g/mol. The van der Waals surface area contributed by atoms with Gasteiger partial charge < -0.3 is 10.4 Å². The molecule has 0 aliphatic carbocycles. The summed E-state index contributed by atoms with van der Waals surface area (Å²) in [7, 11) is 0. The molecule has 0 spiro atoms. The van der Waals surface area contributed by atoms with Crippen LogP contribution in [0.3, 0.4) is 0 Å². The van der Waals surface area contributed by atoms with Gasteiger partial charge in [0.25, 0.3) is 0 Å². The van der Waals surface area contributed by atoms with Crippen molar-refractivity contribution < 1.29 is 9.90 Å². The molecule has 1 atom stereocenters. The Labute approximate surface area is 117 Å². The van der Waals surface area contributed by atoms with Crippen LogP contribution in [0.15, 0.2) is 24.3 Å². The summed E-state index contributed by atoms with van der Waals surface area (Å²) in [6, 6.07) is 7.70. The van der Waals surface area contributed by atoms with Gasteiger partial charge in [-0.3, -0.25) is 4.79 Å². The zero-order valence-corrected chi connectivity index (χ0v) is 11.5. The molecule has 3 nitrogen and oxygen atoms in total. The van der Waals surface area contributed by atoms with Crippen LogP contribution in [0, 0.1) is 17.8 Å². The zero-order valence-electron chi connectivity index (χ0n) is 10.7. The first-order valence-corrected chi connectivity index (χ1v) is 7.49. The number of amides is 1. The van der Waals surface area contributed by atoms with Crippen molar-refractivity contribution >= 4 is 17.7 Å². The molecule has 2 rings (SSSR count). The van der Waals surface area contributed by atoms with E-state index in [1.807, 2.05) is 36.0 Å². The predicted octanol–water partition coefficient (Wildman–Crippen LogP) is 1.40. The van der Waals surface area contributed by atoms with Crippen molar-refractivity contribution in [2.24, 2.45) is 5.92 Å². The standard InChI is InChI=1S/C15H17NO2S/c17-7-2-5-12-3-1-4-13(9-12)10-16-15(18)14-6-8-19-11-14/h1,3-4,9,14,17H,6-8,10-11H2,(H,16,18). The smallest absolute Gasteiger partial charge is 0.224 e. The zero-order chi connectivity index (χ0) is 13.5. The summed E-state index contributed by atoms with van der Waals surface area (Å²) >= 11 is 1.84. The lowest BCUT2D eigenvalue weighted by Gasteiger charge is -2.10. The minimum atomic E-state index is -0.139. The van der Waals surface area contributed by atoms with Gasteiger partial charge in [0.2, 0.25) is 5.91 Å². The Kier molecular flexibility index (Phi) is 5.31. The van der Waals surface area contributed by atoms with E-state index in [-0.39, 0.29) is 18.4 Å². The van der Waals surface area contributed by atoms with Crippen LogP contribution in [0.1, 0.15) is 17.5 Å². The molecule has 100 valence electrons. The highest BCUT2D eigenvalue weighted by Gasteiger charge is 2.22. The molecule has 1 unspecified atom stereocenters. The van der Waals surface area contributed by atoms with Crippen LogP contribution in [0.5, 0.6) is 0 Å². The van der Waals surface area contributed by atoms with Crippen molar-refractivity contribution in [3.05, 3.63) is 35.4 Å². The quantitative estimate of drug-likeness (QED) is 0.820. The molecule has 0 radical (unpaired) electrons. The highest BCUT2D eigenvalue weighted by molar-refractivity contribution is 7.99. The highest BCUT2D eigenvalue weighted by Crippen LogP contribution is 2.23. The topological polar surface area (TPSA) is 49.3 Å². The number of nitrogens with one attached hydrogen (secondary N) is 1. The summed E-state index contributed by atoms with van der Waals surface area (Å²) in [5.74, 6) is 7.82. The maximum atomic E-state index is 11.9. The molecule has 2 N–H and O–H groups in total. The van der Waals surface area contributed by atoms with Crippen LogP contribution in [0.4, 0.5) is 0 Å². The number of rotatable bonds is 3. The largest absolute Gasteiger partial charge is 0.384 e. The number of hydrogen-bond donors (Lipinski definition) is 2. The Morgan fingerprint density at radius 2 is 2.42 bits per heavy atom. The molecule has 1 aliphatic heterocycles. The van der Waals surface area contributed by atoms with Crippen molar-refractivity contribution in [3.63, 3.8) is 0 Å². The van der Waals surface area contributed by atoms with E-state index in [0.717, 1.165) is 29.1 Å². The number of aliphatic hydroxyl groups is 1. The fraction of sp³-hybridized carbons (Fsp3) is 0.400. The molecule has 1 heterocycles. The number of benzene rings is 1. The average molecular weight is 275 g/mol. The van der Waals surface area contributed by atoms with Crippen molar-refractivity contribution in [2.45, 2.75) is 13.0 Å². The maximum Gasteiger partial charge on any atom is 0.224 e. The van der Waals surface area contributed by atoms with Crippen molar-refractivity contribution in [1.82, 2.24) is 5.32 Å². The van der Waals surface area contributed by atoms with Crippen LogP contribution in [0.2, 0.25) is 0 Å². The van der Waals surface area contributed by atoms with Gasteiger partial charge in [0.05, 0.1) is 0 Å². The van der Waals surface area contributed by atoms with Crippen LogP contribution in [-0.4, -0.2) is 29.1 Å². The Balaban J connectivity index is 1.90. The van der Waals surface area contributed by atoms with E-state index in [9.17, 15) is 4.79 Å². The van der Waals surface area contributed by atoms with Gasteiger partial charge >= 0.3 is 0 Å². The molecule has 1 aromatic carbocycles. The normalized spacial score (nSPS) is 17.6. The minimum absolute atomic E-state index is 0.139. The second kappa shape index (κ2) is 7.22. The molecule has 0 saturated carbocycles. The highest BCUT2D eigenvalue weighted by atomic mass is 32.2. The van der Waals surface area contributed by atoms with E-state index in [1.54, 1.807) is 0 Å². The van der Waals surface area contributed by atoms with Gasteiger partial charge in [-0.05, 0) is 29.9 Å². The summed E-state index contributed by atoms with van der Waals surface area (Å²) in [5.41, 5.74) is 1.89. The molecule has 4 heteroatoms. The average Bonchev–Trinajstić information content (AvgIpc) is 2.97. The van der Waals surface area contributed by atoms with Crippen LogP contribution in [0.25, 0.3) is 0 Å². The molecule has 0 bridgehead atoms. The second-order valence-electron chi connectivity index (χ2n) is 4.44. The minimum Gasteiger partial charge on any atom is -0.384 e. The first kappa shape index (κ1) is 14.0. The number of thioether (sulfide) groups is 1. The van der Waals surface area contributed by atoms with Gasteiger partial charge in [0.1, 0.15) is 6.61 Å². The third-order valence-corrected chi connectivity index (χ3v) is 4.17.